The summed E-state index contributed by atoms with van der Waals surface area (Å²) in [6.07, 6.45) is 14.5. The number of nitrogens with zero attached hydrogens (tertiary/aromatic N) is 1. The van der Waals surface area contributed by atoms with Crippen molar-refractivity contribution in [3.63, 3.8) is 0 Å². The van der Waals surface area contributed by atoms with Crippen molar-refractivity contribution in [1.29, 1.82) is 0 Å². The maximum Gasteiger partial charge on any atom is 0.235 e. The molecule has 0 heterocycles. The van der Waals surface area contributed by atoms with Crippen LogP contribution >= 0.6 is 0 Å². The van der Waals surface area contributed by atoms with Crippen LogP contribution in [-0.4, -0.2) is 22.5 Å². The number of rotatable bonds is 1. The van der Waals surface area contributed by atoms with E-state index in [0.717, 1.165) is 43.3 Å². The van der Waals surface area contributed by atoms with E-state index in [1.54, 1.807) is 0 Å². The Hall–Kier alpha value is -1.93. The Morgan fingerprint density at radius 3 is 2.42 bits per heavy atom. The van der Waals surface area contributed by atoms with Gasteiger partial charge in [0.05, 0.1) is 5.54 Å². The molecule has 1 N–H and O–H groups in total. The zero-order chi connectivity index (χ0) is 24.0. The summed E-state index contributed by atoms with van der Waals surface area (Å²) in [6.45, 7) is 13.8. The lowest BCUT2D eigenvalue weighted by molar-refractivity contribution is -0.178. The molecular formula is C29H39NO3. The van der Waals surface area contributed by atoms with E-state index in [4.69, 9.17) is 0 Å². The van der Waals surface area contributed by atoms with Gasteiger partial charge in [-0.25, -0.2) is 4.79 Å². The van der Waals surface area contributed by atoms with E-state index >= 15 is 0 Å². The number of aliphatic hydroxyl groups is 1. The van der Waals surface area contributed by atoms with E-state index in [0.29, 0.717) is 23.7 Å². The molecule has 0 aliphatic heterocycles. The first kappa shape index (κ1) is 22.8. The number of Topliss-reactive ketones (excluding diaryl/α,β-unsaturated/α-hetero) is 1. The van der Waals surface area contributed by atoms with Gasteiger partial charge in [0.25, 0.3) is 0 Å². The molecule has 5 aliphatic rings. The molecule has 0 aromatic heterocycles. The lowest BCUT2D eigenvalue weighted by Gasteiger charge is -2.70. The molecule has 0 aromatic carbocycles. The van der Waals surface area contributed by atoms with Crippen LogP contribution in [0.2, 0.25) is 0 Å². The third-order valence-electron chi connectivity index (χ3n) is 11.8. The van der Waals surface area contributed by atoms with E-state index in [2.05, 4.69) is 51.8 Å². The second-order valence-corrected chi connectivity index (χ2v) is 13.1. The lowest BCUT2D eigenvalue weighted by Crippen LogP contribution is -2.63. The molecular weight excluding hydrogens is 410 g/mol. The second kappa shape index (κ2) is 6.81. The summed E-state index contributed by atoms with van der Waals surface area (Å²) in [5.74, 6) is 0.905. The molecule has 3 fully saturated rings. The average Bonchev–Trinajstić information content (AvgIpc) is 2.75. The number of aliphatic imine (C=N–C) groups is 1. The normalized spacial score (nSPS) is 49.0. The number of isocyanates is 1. The molecule has 4 nitrogen and oxygen atoms in total. The molecule has 5 rings (SSSR count). The molecule has 1 unspecified atom stereocenters. The van der Waals surface area contributed by atoms with Gasteiger partial charge in [0.2, 0.25) is 11.9 Å². The van der Waals surface area contributed by atoms with Crippen molar-refractivity contribution in [3.8, 4) is 0 Å². The van der Waals surface area contributed by atoms with Gasteiger partial charge < -0.3 is 5.11 Å². The van der Waals surface area contributed by atoms with Crippen LogP contribution in [0.15, 0.2) is 39.6 Å². The zero-order valence-electron chi connectivity index (χ0n) is 21.2. The van der Waals surface area contributed by atoms with Gasteiger partial charge in [0.15, 0.2) is 5.76 Å². The number of hydrogen-bond donors (Lipinski definition) is 1. The molecule has 0 saturated heterocycles. The summed E-state index contributed by atoms with van der Waals surface area (Å²) < 4.78 is 0. The van der Waals surface area contributed by atoms with Gasteiger partial charge in [-0.1, -0.05) is 39.8 Å². The summed E-state index contributed by atoms with van der Waals surface area (Å²) in [5.41, 5.74) is 2.99. The number of carbonyl (C=O) groups is 1. The molecule has 0 spiro atoms. The molecule has 7 atom stereocenters. The quantitative estimate of drug-likeness (QED) is 0.354. The average molecular weight is 450 g/mol. The first-order chi connectivity index (χ1) is 15.3. The smallest absolute Gasteiger partial charge is 0.235 e. The monoisotopic (exact) mass is 449 g/mol. The minimum absolute atomic E-state index is 0.0591. The third kappa shape index (κ3) is 2.74. The number of allylic oxidation sites excluding steroid dienone is 6. The van der Waals surface area contributed by atoms with Crippen LogP contribution in [0, 0.1) is 33.5 Å². The fraction of sp³-hybridized carbons (Fsp3) is 0.724. The summed E-state index contributed by atoms with van der Waals surface area (Å²) >= 11 is 0. The van der Waals surface area contributed by atoms with Crippen molar-refractivity contribution in [2.75, 3.05) is 0 Å². The largest absolute Gasteiger partial charge is 0.504 e. The number of ketones is 1. The minimum atomic E-state index is -0.293. The van der Waals surface area contributed by atoms with Crippen LogP contribution in [0.25, 0.3) is 0 Å². The van der Waals surface area contributed by atoms with E-state index in [-0.39, 0.29) is 33.3 Å². The van der Waals surface area contributed by atoms with Gasteiger partial charge in [-0.3, -0.25) is 4.79 Å². The van der Waals surface area contributed by atoms with E-state index in [9.17, 15) is 14.7 Å². The van der Waals surface area contributed by atoms with Gasteiger partial charge in [-0.15, -0.1) is 0 Å². The summed E-state index contributed by atoms with van der Waals surface area (Å²) in [7, 11) is 0. The highest BCUT2D eigenvalue weighted by Gasteiger charge is 2.67. The summed E-state index contributed by atoms with van der Waals surface area (Å²) in [5, 5.41) is 10.3. The third-order valence-corrected chi connectivity index (χ3v) is 11.8. The Labute approximate surface area is 198 Å². The predicted octanol–water partition coefficient (Wildman–Crippen LogP) is 6.78. The van der Waals surface area contributed by atoms with Gasteiger partial charge >= 0.3 is 0 Å². The van der Waals surface area contributed by atoms with Gasteiger partial charge in [0, 0.05) is 17.4 Å². The van der Waals surface area contributed by atoms with E-state index in [1.165, 1.54) is 18.4 Å². The first-order valence-corrected chi connectivity index (χ1v) is 12.8. The van der Waals surface area contributed by atoms with Gasteiger partial charge in [-0.05, 0) is 98.0 Å². The summed E-state index contributed by atoms with van der Waals surface area (Å²) in [6, 6.07) is 0. The molecule has 0 aromatic rings. The minimum Gasteiger partial charge on any atom is -0.504 e. The van der Waals surface area contributed by atoms with E-state index in [1.807, 2.05) is 13.0 Å². The van der Waals surface area contributed by atoms with Crippen LogP contribution in [0.5, 0.6) is 0 Å². The van der Waals surface area contributed by atoms with Crippen molar-refractivity contribution in [2.24, 2.45) is 38.5 Å². The highest BCUT2D eigenvalue weighted by atomic mass is 16.3. The molecule has 3 saturated carbocycles. The Morgan fingerprint density at radius 2 is 1.73 bits per heavy atom. The zero-order valence-corrected chi connectivity index (χ0v) is 21.2. The summed E-state index contributed by atoms with van der Waals surface area (Å²) in [4.78, 5) is 28.2. The Morgan fingerprint density at radius 1 is 1.03 bits per heavy atom. The fourth-order valence-corrected chi connectivity index (χ4v) is 9.09. The number of aliphatic hydroxyl groups excluding tert-OH is 1. The van der Waals surface area contributed by atoms with Gasteiger partial charge in [-0.2, -0.15) is 4.99 Å². The Bertz CT molecular complexity index is 1080. The maximum atomic E-state index is 12.7. The Balaban J connectivity index is 1.59. The molecule has 0 radical (unpaired) electrons. The molecule has 0 amide bonds. The SMILES string of the molecule is CC1=C(O)C(=O)CC2=C1C=C[C@@]1(C)[C@@]3(C)CC[C@@]4(C)CC[C@@](C)(N=C=O)C[C@@H]4C3CC[C@]21C. The second-order valence-electron chi connectivity index (χ2n) is 13.1. The predicted molar refractivity (Wildman–Crippen MR) is 129 cm³/mol. The van der Waals surface area contributed by atoms with Crippen LogP contribution < -0.4 is 0 Å². The fourth-order valence-electron chi connectivity index (χ4n) is 9.09. The molecule has 4 heteroatoms. The Kier molecular flexibility index (Phi) is 4.72. The molecule has 33 heavy (non-hydrogen) atoms. The highest BCUT2D eigenvalue weighted by Crippen LogP contribution is 2.75. The lowest BCUT2D eigenvalue weighted by atomic mass is 9.34. The number of carbonyl (C=O) groups excluding carboxylic acids is 2. The highest BCUT2D eigenvalue weighted by molar-refractivity contribution is 5.98. The van der Waals surface area contributed by atoms with Crippen molar-refractivity contribution in [2.45, 2.75) is 98.4 Å². The van der Waals surface area contributed by atoms with Crippen molar-refractivity contribution in [1.82, 2.24) is 0 Å². The van der Waals surface area contributed by atoms with Gasteiger partial charge in [0.1, 0.15) is 0 Å². The first-order valence-electron chi connectivity index (χ1n) is 12.8. The topological polar surface area (TPSA) is 66.7 Å². The van der Waals surface area contributed by atoms with Crippen LogP contribution in [0.4, 0.5) is 0 Å². The van der Waals surface area contributed by atoms with Crippen LogP contribution in [0.1, 0.15) is 92.9 Å². The van der Waals surface area contributed by atoms with Crippen molar-refractivity contribution < 1.29 is 14.7 Å². The van der Waals surface area contributed by atoms with E-state index < -0.39 is 0 Å². The molecule has 0 bridgehead atoms. The maximum absolute atomic E-state index is 12.7. The molecule has 5 aliphatic carbocycles. The molecule has 178 valence electrons. The standard InChI is InChI=1S/C29H39NO3/c1-18-19-7-10-29(6)27(4,21(19)15-23(32)24(18)33)9-8-20-22-16-26(3,30-17-31)13-11-25(22,2)12-14-28(20,29)5/h7,10,20,22,33H,8-9,11-16H2,1-6H3/t20?,22-,25-,26-,27-,28+,29-/m1/s1. The van der Waals surface area contributed by atoms with Crippen molar-refractivity contribution in [3.05, 3.63) is 34.6 Å². The number of hydrogen-bond acceptors (Lipinski definition) is 4. The van der Waals surface area contributed by atoms with Crippen LogP contribution in [0.3, 0.4) is 0 Å². The number of fused-ring (bicyclic) bond motifs is 6. The van der Waals surface area contributed by atoms with Crippen molar-refractivity contribution >= 4 is 11.9 Å². The van der Waals surface area contributed by atoms with Crippen LogP contribution in [-0.2, 0) is 9.59 Å².